The van der Waals surface area contributed by atoms with E-state index >= 15 is 0 Å². The highest BCUT2D eigenvalue weighted by Crippen LogP contribution is 2.49. The molecule has 5 rings (SSSR count). The number of hydrogen-bond acceptors (Lipinski definition) is 5. The second kappa shape index (κ2) is 8.46. The van der Waals surface area contributed by atoms with Crippen molar-refractivity contribution in [3.8, 4) is 0 Å². The molecule has 0 aliphatic carbocycles. The van der Waals surface area contributed by atoms with Crippen LogP contribution < -0.4 is 0 Å². The molecule has 1 aromatic heterocycles. The van der Waals surface area contributed by atoms with Crippen LogP contribution in [-0.4, -0.2) is 77.1 Å². The third kappa shape index (κ3) is 3.44. The number of likely N-dealkylation sites (tertiary alicyclic amines) is 1. The van der Waals surface area contributed by atoms with Gasteiger partial charge in [-0.3, -0.25) is 14.6 Å². The number of fused-ring (bicyclic) bond motifs is 1. The zero-order valence-electron chi connectivity index (χ0n) is 19.6. The minimum absolute atomic E-state index is 0.0421. The van der Waals surface area contributed by atoms with Crippen molar-refractivity contribution in [1.82, 2.24) is 19.1 Å². The number of piperidine rings is 1. The molecule has 1 atom stereocenters. The summed E-state index contributed by atoms with van der Waals surface area (Å²) in [6.07, 6.45) is 4.68. The minimum atomic E-state index is -3.70. The molecule has 1 spiro atoms. The lowest BCUT2D eigenvalue weighted by Gasteiger charge is -2.57. The molecule has 3 aliphatic heterocycles. The van der Waals surface area contributed by atoms with Crippen molar-refractivity contribution in [2.24, 2.45) is 0 Å². The summed E-state index contributed by atoms with van der Waals surface area (Å²) in [6, 6.07) is 10.4. The van der Waals surface area contributed by atoms with Gasteiger partial charge in [-0.1, -0.05) is 18.2 Å². The Morgan fingerprint density at radius 1 is 1.06 bits per heavy atom. The van der Waals surface area contributed by atoms with E-state index in [-0.39, 0.29) is 35.8 Å². The topological polar surface area (TPSA) is 90.9 Å². The first-order chi connectivity index (χ1) is 16.3. The number of hydrogen-bond donors (Lipinski definition) is 0. The Morgan fingerprint density at radius 2 is 1.76 bits per heavy atom. The second-order valence-electron chi connectivity index (χ2n) is 9.66. The van der Waals surface area contributed by atoms with Gasteiger partial charge in [-0.05, 0) is 56.9 Å². The average molecular weight is 483 g/mol. The fourth-order valence-electron chi connectivity index (χ4n) is 5.83. The maximum Gasteiger partial charge on any atom is 0.254 e. The highest BCUT2D eigenvalue weighted by atomic mass is 32.2. The molecule has 34 heavy (non-hydrogen) atoms. The molecule has 180 valence electrons. The van der Waals surface area contributed by atoms with Gasteiger partial charge in [-0.15, -0.1) is 0 Å². The van der Waals surface area contributed by atoms with Crippen LogP contribution in [-0.2, 0) is 14.8 Å². The third-order valence-electron chi connectivity index (χ3n) is 7.53. The zero-order chi connectivity index (χ0) is 24.1. The number of aromatic nitrogens is 1. The number of pyridine rings is 1. The zero-order valence-corrected chi connectivity index (χ0v) is 20.4. The Kier molecular flexibility index (Phi) is 5.72. The van der Waals surface area contributed by atoms with Crippen LogP contribution >= 0.6 is 0 Å². The van der Waals surface area contributed by atoms with Gasteiger partial charge >= 0.3 is 0 Å². The van der Waals surface area contributed by atoms with Gasteiger partial charge in [0.25, 0.3) is 5.91 Å². The lowest BCUT2D eigenvalue weighted by Crippen LogP contribution is -2.67. The van der Waals surface area contributed by atoms with Crippen LogP contribution in [0.2, 0.25) is 0 Å². The Morgan fingerprint density at radius 3 is 2.35 bits per heavy atom. The molecule has 3 aliphatic rings. The predicted molar refractivity (Wildman–Crippen MR) is 127 cm³/mol. The fraction of sp³-hybridized carbons (Fsp3) is 0.480. The largest absolute Gasteiger partial charge is 0.342 e. The monoisotopic (exact) mass is 482 g/mol. The van der Waals surface area contributed by atoms with E-state index in [0.29, 0.717) is 18.4 Å². The Hall–Kier alpha value is -2.78. The first kappa shape index (κ1) is 23.0. The normalized spacial score (nSPS) is 22.6. The van der Waals surface area contributed by atoms with Crippen molar-refractivity contribution in [1.29, 1.82) is 0 Å². The van der Waals surface area contributed by atoms with Gasteiger partial charge in [0, 0.05) is 50.2 Å². The van der Waals surface area contributed by atoms with Gasteiger partial charge in [0.1, 0.15) is 4.90 Å². The first-order valence-corrected chi connectivity index (χ1v) is 13.3. The van der Waals surface area contributed by atoms with E-state index in [1.165, 1.54) is 10.5 Å². The van der Waals surface area contributed by atoms with E-state index in [1.807, 2.05) is 41.8 Å². The molecule has 4 heterocycles. The molecule has 2 saturated heterocycles. The number of benzene rings is 1. The molecule has 2 fully saturated rings. The van der Waals surface area contributed by atoms with E-state index in [4.69, 9.17) is 0 Å². The quantitative estimate of drug-likeness (QED) is 0.668. The van der Waals surface area contributed by atoms with Gasteiger partial charge in [-0.2, -0.15) is 4.31 Å². The first-order valence-electron chi connectivity index (χ1n) is 11.9. The van der Waals surface area contributed by atoms with Gasteiger partial charge in [0.05, 0.1) is 11.5 Å². The van der Waals surface area contributed by atoms with Crippen molar-refractivity contribution < 1.29 is 18.0 Å². The molecule has 0 saturated carbocycles. The van der Waals surface area contributed by atoms with Crippen molar-refractivity contribution in [3.63, 3.8) is 0 Å². The second-order valence-corrected chi connectivity index (χ2v) is 11.6. The number of sulfonamides is 1. The van der Waals surface area contributed by atoms with E-state index in [2.05, 4.69) is 4.98 Å². The Bertz CT molecular complexity index is 1200. The van der Waals surface area contributed by atoms with Crippen LogP contribution in [0.3, 0.4) is 0 Å². The van der Waals surface area contributed by atoms with Gasteiger partial charge in [0.15, 0.2) is 0 Å². The molecule has 8 nitrogen and oxygen atoms in total. The van der Waals surface area contributed by atoms with E-state index in [1.54, 1.807) is 24.4 Å². The fourth-order valence-corrected chi connectivity index (χ4v) is 7.23. The SMILES string of the molecule is CC(C)N1C(=O)c2ccccc2C(C(=O)N2CCC2)C12CCN(S(=O)(=O)c1cccnc1)CC2. The number of carbonyl (C=O) groups excluding carboxylic acids is 2. The van der Waals surface area contributed by atoms with Crippen LogP contribution in [0.4, 0.5) is 0 Å². The smallest absolute Gasteiger partial charge is 0.254 e. The summed E-state index contributed by atoms with van der Waals surface area (Å²) in [7, 11) is -3.70. The summed E-state index contributed by atoms with van der Waals surface area (Å²) in [5.41, 5.74) is 0.573. The molecular formula is C25H30N4O4S. The summed E-state index contributed by atoms with van der Waals surface area (Å²) in [6.45, 7) is 5.86. The van der Waals surface area contributed by atoms with Crippen LogP contribution in [0.5, 0.6) is 0 Å². The van der Waals surface area contributed by atoms with Crippen molar-refractivity contribution >= 4 is 21.8 Å². The van der Waals surface area contributed by atoms with Crippen LogP contribution in [0.25, 0.3) is 0 Å². The maximum atomic E-state index is 13.8. The Labute approximate surface area is 200 Å². The molecule has 1 unspecified atom stereocenters. The molecule has 1 aromatic carbocycles. The summed E-state index contributed by atoms with van der Waals surface area (Å²) in [5.74, 6) is -0.547. The van der Waals surface area contributed by atoms with E-state index in [9.17, 15) is 18.0 Å². The standard InChI is InChI=1S/C25H30N4O4S/c1-18(2)29-23(30)21-9-4-3-8-20(21)22(24(31)27-13-6-14-27)25(29)10-15-28(16-11-25)34(32,33)19-7-5-12-26-17-19/h3-5,7-9,12,17-18,22H,6,10-11,13-16H2,1-2H3. The van der Waals surface area contributed by atoms with E-state index in [0.717, 1.165) is 25.1 Å². The van der Waals surface area contributed by atoms with Gasteiger partial charge in [-0.25, -0.2) is 8.42 Å². The third-order valence-corrected chi connectivity index (χ3v) is 9.41. The number of amides is 2. The van der Waals surface area contributed by atoms with Crippen LogP contribution in [0, 0.1) is 0 Å². The van der Waals surface area contributed by atoms with Crippen molar-refractivity contribution in [2.45, 2.75) is 55.5 Å². The van der Waals surface area contributed by atoms with Crippen LogP contribution in [0.1, 0.15) is 54.9 Å². The Balaban J connectivity index is 1.56. The van der Waals surface area contributed by atoms with E-state index < -0.39 is 21.5 Å². The number of rotatable bonds is 4. The molecule has 2 aromatic rings. The summed E-state index contributed by atoms with van der Waals surface area (Å²) < 4.78 is 28.0. The lowest BCUT2D eigenvalue weighted by molar-refractivity contribution is -0.142. The molecule has 2 amide bonds. The molecule has 0 radical (unpaired) electrons. The highest BCUT2D eigenvalue weighted by molar-refractivity contribution is 7.89. The van der Waals surface area contributed by atoms with Gasteiger partial charge < -0.3 is 9.80 Å². The molecule has 0 bridgehead atoms. The lowest BCUT2D eigenvalue weighted by atomic mass is 9.66. The molecule has 0 N–H and O–H groups in total. The molecule has 9 heteroatoms. The van der Waals surface area contributed by atoms with Gasteiger partial charge in [0.2, 0.25) is 15.9 Å². The minimum Gasteiger partial charge on any atom is -0.342 e. The van der Waals surface area contributed by atoms with Crippen LogP contribution in [0.15, 0.2) is 53.7 Å². The van der Waals surface area contributed by atoms with Crippen molar-refractivity contribution in [3.05, 3.63) is 59.9 Å². The maximum absolute atomic E-state index is 13.8. The predicted octanol–water partition coefficient (Wildman–Crippen LogP) is 2.49. The number of carbonyl (C=O) groups is 2. The molecular weight excluding hydrogens is 452 g/mol. The summed E-state index contributed by atoms with van der Waals surface area (Å²) >= 11 is 0. The summed E-state index contributed by atoms with van der Waals surface area (Å²) in [4.78, 5) is 35.4. The highest BCUT2D eigenvalue weighted by Gasteiger charge is 2.57. The van der Waals surface area contributed by atoms with Crippen molar-refractivity contribution in [2.75, 3.05) is 26.2 Å². The summed E-state index contributed by atoms with van der Waals surface area (Å²) in [5, 5.41) is 0. The number of nitrogens with zero attached hydrogens (tertiary/aromatic N) is 4. The average Bonchev–Trinajstić information content (AvgIpc) is 2.79.